The number of aromatic hydroxyl groups is 1. The molecule has 3 aromatic rings. The van der Waals surface area contributed by atoms with Gasteiger partial charge in [0, 0.05) is 11.1 Å². The first-order valence-corrected chi connectivity index (χ1v) is 12.3. The standard InChI is InChI=1S/C29H31NO3S/c1-28(2,3)22-14-19(15-23(25(22)31)29(4,5)6)16-24-26(32)30(27(33)34-24)17-18-11-12-20-9-7-8-10-21(20)13-18/h7-16,31H,17H2,1-6H3/b24-16-. The van der Waals surface area contributed by atoms with E-state index in [1.165, 1.54) is 4.90 Å². The second-order valence-corrected chi connectivity index (χ2v) is 11.9. The molecule has 1 fully saturated rings. The Labute approximate surface area is 205 Å². The Morgan fingerprint density at radius 3 is 2.03 bits per heavy atom. The highest BCUT2D eigenvalue weighted by atomic mass is 32.2. The minimum Gasteiger partial charge on any atom is -0.507 e. The summed E-state index contributed by atoms with van der Waals surface area (Å²) in [5.74, 6) is 0.00686. The van der Waals surface area contributed by atoms with Crippen LogP contribution in [-0.4, -0.2) is 21.2 Å². The van der Waals surface area contributed by atoms with E-state index in [4.69, 9.17) is 0 Å². The van der Waals surface area contributed by atoms with Crippen molar-refractivity contribution in [3.63, 3.8) is 0 Å². The molecule has 0 aromatic heterocycles. The number of phenols is 1. The molecule has 0 atom stereocenters. The number of phenolic OH excluding ortho intramolecular Hbond substituents is 1. The van der Waals surface area contributed by atoms with Crippen molar-refractivity contribution in [2.45, 2.75) is 58.9 Å². The topological polar surface area (TPSA) is 57.6 Å². The number of amides is 2. The van der Waals surface area contributed by atoms with Gasteiger partial charge in [0.2, 0.25) is 0 Å². The molecule has 0 radical (unpaired) electrons. The third-order valence-electron chi connectivity index (χ3n) is 6.07. The van der Waals surface area contributed by atoms with E-state index in [-0.39, 0.29) is 28.5 Å². The number of imide groups is 1. The third-order valence-corrected chi connectivity index (χ3v) is 6.98. The van der Waals surface area contributed by atoms with Crippen molar-refractivity contribution in [1.29, 1.82) is 0 Å². The van der Waals surface area contributed by atoms with Crippen molar-refractivity contribution >= 4 is 39.8 Å². The molecule has 1 N–H and O–H groups in total. The van der Waals surface area contributed by atoms with E-state index in [1.807, 2.05) is 54.6 Å². The van der Waals surface area contributed by atoms with Crippen LogP contribution in [0.25, 0.3) is 16.8 Å². The molecular formula is C29H31NO3S. The molecule has 1 saturated heterocycles. The molecule has 0 saturated carbocycles. The minimum absolute atomic E-state index is 0.239. The predicted octanol–water partition coefficient (Wildman–Crippen LogP) is 7.38. The van der Waals surface area contributed by atoms with Crippen molar-refractivity contribution < 1.29 is 14.7 Å². The molecule has 1 heterocycles. The largest absolute Gasteiger partial charge is 0.507 e. The molecule has 1 aliphatic heterocycles. The monoisotopic (exact) mass is 473 g/mol. The maximum Gasteiger partial charge on any atom is 0.293 e. The molecule has 0 bridgehead atoms. The summed E-state index contributed by atoms with van der Waals surface area (Å²) in [6.45, 7) is 12.5. The maximum atomic E-state index is 13.2. The molecule has 0 unspecified atom stereocenters. The number of thioether (sulfide) groups is 1. The first-order valence-electron chi connectivity index (χ1n) is 11.5. The van der Waals surface area contributed by atoms with E-state index in [0.29, 0.717) is 10.7 Å². The smallest absolute Gasteiger partial charge is 0.293 e. The fraction of sp³-hybridized carbons (Fsp3) is 0.310. The fourth-order valence-electron chi connectivity index (χ4n) is 4.19. The Morgan fingerprint density at radius 2 is 1.44 bits per heavy atom. The molecule has 4 nitrogen and oxygen atoms in total. The second-order valence-electron chi connectivity index (χ2n) is 10.9. The van der Waals surface area contributed by atoms with Crippen LogP contribution in [0.2, 0.25) is 0 Å². The highest BCUT2D eigenvalue weighted by molar-refractivity contribution is 8.18. The van der Waals surface area contributed by atoms with E-state index in [0.717, 1.165) is 44.8 Å². The zero-order chi connectivity index (χ0) is 24.8. The third kappa shape index (κ3) is 4.76. The van der Waals surface area contributed by atoms with E-state index in [1.54, 1.807) is 6.08 Å². The van der Waals surface area contributed by atoms with Crippen LogP contribution in [0.3, 0.4) is 0 Å². The van der Waals surface area contributed by atoms with Gasteiger partial charge in [-0.15, -0.1) is 0 Å². The molecular weight excluding hydrogens is 442 g/mol. The highest BCUT2D eigenvalue weighted by Crippen LogP contribution is 2.41. The van der Waals surface area contributed by atoms with Crippen molar-refractivity contribution in [1.82, 2.24) is 4.90 Å². The number of nitrogens with zero attached hydrogens (tertiary/aromatic N) is 1. The van der Waals surface area contributed by atoms with Gasteiger partial charge >= 0.3 is 0 Å². The summed E-state index contributed by atoms with van der Waals surface area (Å²) in [6.07, 6.45) is 1.77. The van der Waals surface area contributed by atoms with Crippen LogP contribution >= 0.6 is 11.8 Å². The summed E-state index contributed by atoms with van der Waals surface area (Å²) in [4.78, 5) is 27.6. The van der Waals surface area contributed by atoms with Gasteiger partial charge in [0.1, 0.15) is 5.75 Å². The molecule has 34 heavy (non-hydrogen) atoms. The summed E-state index contributed by atoms with van der Waals surface area (Å²) in [5, 5.41) is 12.9. The predicted molar refractivity (Wildman–Crippen MR) is 141 cm³/mol. The van der Waals surface area contributed by atoms with Gasteiger partial charge in [0.05, 0.1) is 11.4 Å². The average Bonchev–Trinajstić information content (AvgIpc) is 3.00. The molecule has 5 heteroatoms. The summed E-state index contributed by atoms with van der Waals surface area (Å²) in [6, 6.07) is 17.9. The molecule has 3 aromatic carbocycles. The zero-order valence-corrected chi connectivity index (χ0v) is 21.4. The molecule has 176 valence electrons. The van der Waals surface area contributed by atoms with E-state index >= 15 is 0 Å². The van der Waals surface area contributed by atoms with Gasteiger partial charge in [0.25, 0.3) is 11.1 Å². The number of benzene rings is 3. The first-order chi connectivity index (χ1) is 15.8. The second kappa shape index (κ2) is 8.62. The lowest BCUT2D eigenvalue weighted by Gasteiger charge is -2.28. The van der Waals surface area contributed by atoms with Crippen LogP contribution in [0, 0.1) is 0 Å². The Balaban J connectivity index is 1.67. The summed E-state index contributed by atoms with van der Waals surface area (Å²) < 4.78 is 0. The highest BCUT2D eigenvalue weighted by Gasteiger charge is 2.35. The van der Waals surface area contributed by atoms with Crippen LogP contribution in [0.1, 0.15) is 63.8 Å². The lowest BCUT2D eigenvalue weighted by Crippen LogP contribution is -2.27. The van der Waals surface area contributed by atoms with Crippen LogP contribution in [0.4, 0.5) is 4.79 Å². The molecule has 2 amide bonds. The lowest BCUT2D eigenvalue weighted by molar-refractivity contribution is -0.123. The Kier molecular flexibility index (Phi) is 6.11. The lowest BCUT2D eigenvalue weighted by atomic mass is 9.78. The van der Waals surface area contributed by atoms with Gasteiger partial charge in [-0.05, 0) is 68.8 Å². The van der Waals surface area contributed by atoms with Crippen LogP contribution in [0.15, 0.2) is 59.5 Å². The SMILES string of the molecule is CC(C)(C)c1cc(/C=C2\SC(=O)N(Cc3ccc4ccccc4c3)C2=O)cc(C(C)(C)C)c1O. The van der Waals surface area contributed by atoms with E-state index < -0.39 is 0 Å². The summed E-state index contributed by atoms with van der Waals surface area (Å²) in [7, 11) is 0. The molecule has 1 aliphatic rings. The van der Waals surface area contributed by atoms with E-state index in [2.05, 4.69) is 41.5 Å². The normalized spacial score (nSPS) is 16.2. The van der Waals surface area contributed by atoms with Gasteiger partial charge in [-0.1, -0.05) is 77.9 Å². The van der Waals surface area contributed by atoms with Crippen molar-refractivity contribution in [3.8, 4) is 5.75 Å². The number of carbonyl (C=O) groups excluding carboxylic acids is 2. The van der Waals surface area contributed by atoms with E-state index in [9.17, 15) is 14.7 Å². The van der Waals surface area contributed by atoms with Gasteiger partial charge in [-0.2, -0.15) is 0 Å². The number of rotatable bonds is 3. The minimum atomic E-state index is -0.286. The maximum absolute atomic E-state index is 13.2. The zero-order valence-electron chi connectivity index (χ0n) is 20.6. The Hall–Kier alpha value is -3.05. The van der Waals surface area contributed by atoms with Crippen molar-refractivity contribution in [2.75, 3.05) is 0 Å². The summed E-state index contributed by atoms with van der Waals surface area (Å²) in [5.41, 5.74) is 2.82. The van der Waals surface area contributed by atoms with Gasteiger partial charge in [0.15, 0.2) is 0 Å². The first kappa shape index (κ1) is 24.1. The summed E-state index contributed by atoms with van der Waals surface area (Å²) >= 11 is 0.966. The molecule has 0 spiro atoms. The van der Waals surface area contributed by atoms with Gasteiger partial charge < -0.3 is 5.11 Å². The number of fused-ring (bicyclic) bond motifs is 1. The number of hydrogen-bond acceptors (Lipinski definition) is 4. The Morgan fingerprint density at radius 1 is 0.853 bits per heavy atom. The van der Waals surface area contributed by atoms with Crippen molar-refractivity contribution in [2.24, 2.45) is 0 Å². The quantitative estimate of drug-likeness (QED) is 0.403. The van der Waals surface area contributed by atoms with Crippen LogP contribution in [0.5, 0.6) is 5.75 Å². The average molecular weight is 474 g/mol. The van der Waals surface area contributed by atoms with Gasteiger partial charge in [-0.3, -0.25) is 14.5 Å². The molecule has 0 aliphatic carbocycles. The van der Waals surface area contributed by atoms with Gasteiger partial charge in [-0.25, -0.2) is 0 Å². The molecule has 4 rings (SSSR count). The number of hydrogen-bond donors (Lipinski definition) is 1. The fourth-order valence-corrected chi connectivity index (χ4v) is 5.03. The van der Waals surface area contributed by atoms with Crippen molar-refractivity contribution in [3.05, 3.63) is 81.8 Å². The van der Waals surface area contributed by atoms with Crippen LogP contribution < -0.4 is 0 Å². The Bertz CT molecular complexity index is 1290. The number of carbonyl (C=O) groups is 2. The van der Waals surface area contributed by atoms with Crippen LogP contribution in [-0.2, 0) is 22.2 Å².